The van der Waals surface area contributed by atoms with Gasteiger partial charge >= 0.3 is 6.03 Å². The van der Waals surface area contributed by atoms with Crippen LogP contribution in [0.4, 0.5) is 16.2 Å². The van der Waals surface area contributed by atoms with Gasteiger partial charge in [0, 0.05) is 30.0 Å². The van der Waals surface area contributed by atoms with E-state index in [-0.39, 0.29) is 18.5 Å². The normalized spacial score (nSPS) is 14.2. The Kier molecular flexibility index (Phi) is 4.43. The van der Waals surface area contributed by atoms with Crippen molar-refractivity contribution in [2.75, 3.05) is 29.9 Å². The molecule has 7 heteroatoms. The minimum absolute atomic E-state index is 0.0117. The molecular weight excluding hydrogens is 316 g/mol. The van der Waals surface area contributed by atoms with Crippen molar-refractivity contribution in [2.24, 2.45) is 0 Å². The first-order valence-electron chi connectivity index (χ1n) is 7.15. The van der Waals surface area contributed by atoms with Crippen molar-refractivity contribution in [3.8, 4) is 0 Å². The van der Waals surface area contributed by atoms with Gasteiger partial charge in [-0.2, -0.15) is 0 Å². The zero-order valence-electron chi connectivity index (χ0n) is 12.3. The molecule has 0 radical (unpaired) electrons. The van der Waals surface area contributed by atoms with E-state index in [9.17, 15) is 9.59 Å². The number of nitrogens with zero attached hydrogens (tertiary/aromatic N) is 3. The summed E-state index contributed by atoms with van der Waals surface area (Å²) in [7, 11) is 0. The van der Waals surface area contributed by atoms with Crippen molar-refractivity contribution in [3.63, 3.8) is 0 Å². The molecule has 1 saturated heterocycles. The van der Waals surface area contributed by atoms with Gasteiger partial charge < -0.3 is 10.2 Å². The van der Waals surface area contributed by atoms with E-state index in [2.05, 4.69) is 10.3 Å². The van der Waals surface area contributed by atoms with Gasteiger partial charge in [-0.3, -0.25) is 14.7 Å². The molecular formula is C16H15ClN4O2. The van der Waals surface area contributed by atoms with Gasteiger partial charge in [-0.05, 0) is 36.4 Å². The second-order valence-electron chi connectivity index (χ2n) is 5.12. The van der Waals surface area contributed by atoms with Gasteiger partial charge in [-0.15, -0.1) is 0 Å². The fourth-order valence-electron chi connectivity index (χ4n) is 2.40. The molecule has 0 bridgehead atoms. The molecule has 0 spiro atoms. The summed E-state index contributed by atoms with van der Waals surface area (Å²) in [5, 5.41) is 3.34. The Morgan fingerprint density at radius 2 is 2.00 bits per heavy atom. The first-order valence-corrected chi connectivity index (χ1v) is 7.53. The molecule has 1 aromatic heterocycles. The molecule has 0 aliphatic carbocycles. The highest BCUT2D eigenvalue weighted by molar-refractivity contribution is 6.30. The number of urea groups is 1. The van der Waals surface area contributed by atoms with E-state index in [1.807, 2.05) is 0 Å². The maximum absolute atomic E-state index is 12.4. The maximum atomic E-state index is 12.4. The first-order chi connectivity index (χ1) is 11.1. The molecule has 118 valence electrons. The maximum Gasteiger partial charge on any atom is 0.325 e. The lowest BCUT2D eigenvalue weighted by Crippen LogP contribution is -2.37. The highest BCUT2D eigenvalue weighted by Gasteiger charge is 2.30. The fourth-order valence-corrected chi connectivity index (χ4v) is 2.53. The van der Waals surface area contributed by atoms with Gasteiger partial charge in [0.15, 0.2) is 0 Å². The van der Waals surface area contributed by atoms with Crippen molar-refractivity contribution >= 4 is 34.9 Å². The Hall–Kier alpha value is -2.60. The molecule has 2 heterocycles. The number of hydrogen-bond donors (Lipinski definition) is 1. The lowest BCUT2D eigenvalue weighted by Gasteiger charge is -2.18. The zero-order valence-corrected chi connectivity index (χ0v) is 13.0. The van der Waals surface area contributed by atoms with E-state index in [1.165, 1.54) is 4.90 Å². The molecule has 6 nitrogen and oxygen atoms in total. The van der Waals surface area contributed by atoms with Gasteiger partial charge in [-0.25, -0.2) is 4.79 Å². The SMILES string of the molecule is O=C(CN1CCN(c2ccc(Cl)cc2)C1=O)Nc1cccnc1. The summed E-state index contributed by atoms with van der Waals surface area (Å²) in [5.74, 6) is -0.246. The zero-order chi connectivity index (χ0) is 16.2. The number of anilines is 2. The molecule has 1 fully saturated rings. The quantitative estimate of drug-likeness (QED) is 0.937. The van der Waals surface area contributed by atoms with Crippen LogP contribution in [0.25, 0.3) is 0 Å². The van der Waals surface area contributed by atoms with Crippen LogP contribution in [0.5, 0.6) is 0 Å². The molecule has 1 aliphatic heterocycles. The molecule has 1 aromatic carbocycles. The number of halogens is 1. The molecule has 3 rings (SSSR count). The van der Waals surface area contributed by atoms with E-state index in [4.69, 9.17) is 11.6 Å². The molecule has 0 unspecified atom stereocenters. The van der Waals surface area contributed by atoms with Crippen molar-refractivity contribution in [1.82, 2.24) is 9.88 Å². The number of benzene rings is 1. The third kappa shape index (κ3) is 3.60. The summed E-state index contributed by atoms with van der Waals surface area (Å²) in [6.07, 6.45) is 3.19. The molecule has 1 aliphatic rings. The van der Waals surface area contributed by atoms with Gasteiger partial charge in [0.1, 0.15) is 6.54 Å². The summed E-state index contributed by atoms with van der Waals surface area (Å²) < 4.78 is 0. The van der Waals surface area contributed by atoms with Gasteiger partial charge in [0.25, 0.3) is 0 Å². The number of amides is 3. The second kappa shape index (κ2) is 6.66. The van der Waals surface area contributed by atoms with Gasteiger partial charge in [0.2, 0.25) is 5.91 Å². The number of aromatic nitrogens is 1. The third-order valence-corrected chi connectivity index (χ3v) is 3.76. The van der Waals surface area contributed by atoms with Gasteiger partial charge in [-0.1, -0.05) is 11.6 Å². The van der Waals surface area contributed by atoms with E-state index in [0.717, 1.165) is 5.69 Å². The van der Waals surface area contributed by atoms with Crippen LogP contribution in [0.1, 0.15) is 0 Å². The number of carbonyl (C=O) groups is 2. The van der Waals surface area contributed by atoms with Crippen molar-refractivity contribution in [1.29, 1.82) is 0 Å². The van der Waals surface area contributed by atoms with Crippen molar-refractivity contribution in [2.45, 2.75) is 0 Å². The van der Waals surface area contributed by atoms with Crippen LogP contribution in [0, 0.1) is 0 Å². The number of rotatable bonds is 4. The monoisotopic (exact) mass is 330 g/mol. The minimum Gasteiger partial charge on any atom is -0.323 e. The Labute approximate surface area is 138 Å². The average Bonchev–Trinajstić information content (AvgIpc) is 2.90. The molecule has 0 atom stereocenters. The predicted molar refractivity (Wildman–Crippen MR) is 88.6 cm³/mol. The highest BCUT2D eigenvalue weighted by atomic mass is 35.5. The van der Waals surface area contributed by atoms with E-state index < -0.39 is 0 Å². The lowest BCUT2D eigenvalue weighted by atomic mass is 10.3. The Balaban J connectivity index is 1.61. The van der Waals surface area contributed by atoms with Crippen LogP contribution in [0.3, 0.4) is 0 Å². The van der Waals surface area contributed by atoms with Crippen LogP contribution in [-0.2, 0) is 4.79 Å². The summed E-state index contributed by atoms with van der Waals surface area (Å²) in [5.41, 5.74) is 1.38. The van der Waals surface area contributed by atoms with Crippen LogP contribution in [-0.4, -0.2) is 41.5 Å². The van der Waals surface area contributed by atoms with Crippen LogP contribution < -0.4 is 10.2 Å². The highest BCUT2D eigenvalue weighted by Crippen LogP contribution is 2.22. The Bertz CT molecular complexity index is 706. The van der Waals surface area contributed by atoms with Crippen molar-refractivity contribution < 1.29 is 9.59 Å². The van der Waals surface area contributed by atoms with Crippen molar-refractivity contribution in [3.05, 3.63) is 53.8 Å². The Morgan fingerprint density at radius 1 is 1.22 bits per heavy atom. The molecule has 3 amide bonds. The first kappa shape index (κ1) is 15.3. The van der Waals surface area contributed by atoms with Crippen LogP contribution in [0.15, 0.2) is 48.8 Å². The summed E-state index contributed by atoms with van der Waals surface area (Å²) in [4.78, 5) is 31.5. The number of hydrogen-bond acceptors (Lipinski definition) is 3. The number of nitrogens with one attached hydrogen (secondary N) is 1. The Morgan fingerprint density at radius 3 is 2.70 bits per heavy atom. The van der Waals surface area contributed by atoms with E-state index in [0.29, 0.717) is 23.8 Å². The van der Waals surface area contributed by atoms with E-state index >= 15 is 0 Å². The number of pyridine rings is 1. The minimum atomic E-state index is -0.246. The fraction of sp³-hybridized carbons (Fsp3) is 0.188. The molecule has 0 saturated carbocycles. The molecule has 1 N–H and O–H groups in total. The smallest absolute Gasteiger partial charge is 0.323 e. The standard InChI is InChI=1S/C16H15ClN4O2/c17-12-3-5-14(6-4-12)21-9-8-20(16(21)23)11-15(22)19-13-2-1-7-18-10-13/h1-7,10H,8-9,11H2,(H,19,22). The van der Waals surface area contributed by atoms with E-state index in [1.54, 1.807) is 53.7 Å². The summed E-state index contributed by atoms with van der Waals surface area (Å²) >= 11 is 5.86. The third-order valence-electron chi connectivity index (χ3n) is 3.51. The van der Waals surface area contributed by atoms with Gasteiger partial charge in [0.05, 0.1) is 11.9 Å². The molecule has 23 heavy (non-hydrogen) atoms. The van der Waals surface area contributed by atoms with Crippen LogP contribution >= 0.6 is 11.6 Å². The number of carbonyl (C=O) groups excluding carboxylic acids is 2. The topological polar surface area (TPSA) is 65.5 Å². The predicted octanol–water partition coefficient (Wildman–Crippen LogP) is 2.62. The van der Waals surface area contributed by atoms with Crippen LogP contribution in [0.2, 0.25) is 5.02 Å². The lowest BCUT2D eigenvalue weighted by molar-refractivity contribution is -0.116. The summed E-state index contributed by atoms with van der Waals surface area (Å²) in [6.45, 7) is 1.06. The largest absolute Gasteiger partial charge is 0.325 e. The average molecular weight is 331 g/mol. The summed E-state index contributed by atoms with van der Waals surface area (Å²) in [6, 6.07) is 10.4. The second-order valence-corrected chi connectivity index (χ2v) is 5.56. The molecule has 2 aromatic rings.